The Labute approximate surface area is 83.9 Å². The molecule has 0 spiro atoms. The quantitative estimate of drug-likeness (QED) is 0.728. The predicted octanol–water partition coefficient (Wildman–Crippen LogP) is 1.25. The number of aliphatic carboxylic acids is 1. The maximum absolute atomic E-state index is 11.5. The summed E-state index contributed by atoms with van der Waals surface area (Å²) >= 11 is 0. The van der Waals surface area contributed by atoms with Crippen LogP contribution >= 0.6 is 0 Å². The summed E-state index contributed by atoms with van der Waals surface area (Å²) in [5, 5.41) is 8.98. The number of carboxylic acid groups (broad SMARTS) is 1. The number of carbonyl (C=O) groups is 2. The van der Waals surface area contributed by atoms with Crippen LogP contribution in [0.5, 0.6) is 0 Å². The number of carboxylic acids is 1. The fraction of sp³-hybridized carbons (Fsp3) is 0.800. The molecule has 0 radical (unpaired) electrons. The van der Waals surface area contributed by atoms with Gasteiger partial charge in [0.1, 0.15) is 6.04 Å². The maximum atomic E-state index is 11.5. The first-order valence-electron chi connectivity index (χ1n) is 5.19. The summed E-state index contributed by atoms with van der Waals surface area (Å²) in [5.41, 5.74) is 0. The number of hydrogen-bond acceptors (Lipinski definition) is 2. The Hall–Kier alpha value is -1.06. The lowest BCUT2D eigenvalue weighted by Crippen LogP contribution is -2.44. The molecule has 0 aliphatic carbocycles. The fourth-order valence-corrected chi connectivity index (χ4v) is 1.87. The van der Waals surface area contributed by atoms with E-state index in [9.17, 15) is 9.59 Å². The minimum absolute atomic E-state index is 0.0423. The Balaban J connectivity index is 2.73. The van der Waals surface area contributed by atoms with E-state index in [1.807, 2.05) is 0 Å². The Morgan fingerprint density at radius 1 is 1.36 bits per heavy atom. The Morgan fingerprint density at radius 2 is 2.07 bits per heavy atom. The summed E-state index contributed by atoms with van der Waals surface area (Å²) in [5.74, 6) is -0.909. The van der Waals surface area contributed by atoms with E-state index in [1.165, 1.54) is 4.90 Å². The molecule has 1 fully saturated rings. The minimum atomic E-state index is -0.867. The molecule has 1 amide bonds. The van der Waals surface area contributed by atoms with Crippen LogP contribution in [0, 0.1) is 0 Å². The third kappa shape index (κ3) is 2.47. The third-order valence-electron chi connectivity index (χ3n) is 2.66. The van der Waals surface area contributed by atoms with E-state index in [2.05, 4.69) is 0 Å². The molecule has 0 saturated carbocycles. The normalized spacial score (nSPS) is 22.9. The molecule has 4 heteroatoms. The first-order valence-corrected chi connectivity index (χ1v) is 5.19. The van der Waals surface area contributed by atoms with Crippen LogP contribution in [0.1, 0.15) is 39.0 Å². The Morgan fingerprint density at radius 3 is 2.64 bits per heavy atom. The molecule has 1 N–H and O–H groups in total. The highest BCUT2D eigenvalue weighted by molar-refractivity contribution is 5.83. The van der Waals surface area contributed by atoms with E-state index in [0.717, 1.165) is 19.3 Å². The number of likely N-dealkylation sites (tertiary alicyclic amines) is 1. The van der Waals surface area contributed by atoms with Crippen molar-refractivity contribution in [1.82, 2.24) is 4.90 Å². The summed E-state index contributed by atoms with van der Waals surface area (Å²) in [6.07, 6.45) is 3.85. The molecule has 1 saturated heterocycles. The molecular formula is C10H17NO3. The molecule has 1 rings (SSSR count). The highest BCUT2D eigenvalue weighted by Crippen LogP contribution is 2.17. The number of amides is 1. The molecule has 80 valence electrons. The molecule has 1 aliphatic heterocycles. The minimum Gasteiger partial charge on any atom is -0.480 e. The Kier molecular flexibility index (Phi) is 3.92. The second-order valence-corrected chi connectivity index (χ2v) is 3.64. The van der Waals surface area contributed by atoms with E-state index in [0.29, 0.717) is 19.4 Å². The van der Waals surface area contributed by atoms with Gasteiger partial charge in [-0.3, -0.25) is 4.79 Å². The van der Waals surface area contributed by atoms with E-state index in [4.69, 9.17) is 5.11 Å². The van der Waals surface area contributed by atoms with Crippen LogP contribution in [0.25, 0.3) is 0 Å². The lowest BCUT2D eigenvalue weighted by molar-refractivity contribution is -0.150. The van der Waals surface area contributed by atoms with Crippen LogP contribution in [0.2, 0.25) is 0 Å². The number of rotatable bonds is 2. The molecule has 1 heterocycles. The third-order valence-corrected chi connectivity index (χ3v) is 2.66. The fourth-order valence-electron chi connectivity index (χ4n) is 1.87. The van der Waals surface area contributed by atoms with Crippen molar-refractivity contribution in [2.45, 2.75) is 45.1 Å². The average Bonchev–Trinajstić information content (AvgIpc) is 2.41. The number of hydrogen-bond donors (Lipinski definition) is 1. The molecule has 1 unspecified atom stereocenters. The molecule has 0 aromatic rings. The molecule has 14 heavy (non-hydrogen) atoms. The van der Waals surface area contributed by atoms with Crippen molar-refractivity contribution < 1.29 is 14.7 Å². The number of carbonyl (C=O) groups excluding carboxylic acids is 1. The molecule has 0 aromatic heterocycles. The summed E-state index contributed by atoms with van der Waals surface area (Å²) in [6.45, 7) is 2.37. The van der Waals surface area contributed by atoms with Gasteiger partial charge in [-0.15, -0.1) is 0 Å². The molecule has 1 atom stereocenters. The van der Waals surface area contributed by atoms with Crippen LogP contribution in [-0.2, 0) is 9.59 Å². The van der Waals surface area contributed by atoms with Gasteiger partial charge in [-0.05, 0) is 12.8 Å². The van der Waals surface area contributed by atoms with E-state index in [1.54, 1.807) is 6.92 Å². The van der Waals surface area contributed by atoms with Crippen molar-refractivity contribution in [2.75, 3.05) is 6.54 Å². The van der Waals surface area contributed by atoms with Crippen LogP contribution in [0.15, 0.2) is 0 Å². The van der Waals surface area contributed by atoms with Gasteiger partial charge in [0.15, 0.2) is 0 Å². The van der Waals surface area contributed by atoms with Gasteiger partial charge in [-0.1, -0.05) is 19.8 Å². The molecule has 0 aromatic carbocycles. The topological polar surface area (TPSA) is 57.6 Å². The molecule has 0 bridgehead atoms. The van der Waals surface area contributed by atoms with Gasteiger partial charge in [0, 0.05) is 13.0 Å². The van der Waals surface area contributed by atoms with Crippen molar-refractivity contribution >= 4 is 11.9 Å². The van der Waals surface area contributed by atoms with E-state index >= 15 is 0 Å². The summed E-state index contributed by atoms with van der Waals surface area (Å²) < 4.78 is 0. The second-order valence-electron chi connectivity index (χ2n) is 3.64. The highest BCUT2D eigenvalue weighted by atomic mass is 16.4. The average molecular weight is 199 g/mol. The van der Waals surface area contributed by atoms with E-state index in [-0.39, 0.29) is 5.91 Å². The lowest BCUT2D eigenvalue weighted by atomic mass is 10.1. The van der Waals surface area contributed by atoms with Gasteiger partial charge in [-0.25, -0.2) is 4.79 Å². The van der Waals surface area contributed by atoms with Crippen LogP contribution in [-0.4, -0.2) is 34.5 Å². The largest absolute Gasteiger partial charge is 0.480 e. The second kappa shape index (κ2) is 4.98. The smallest absolute Gasteiger partial charge is 0.326 e. The lowest BCUT2D eigenvalue weighted by Gasteiger charge is -2.26. The van der Waals surface area contributed by atoms with Gasteiger partial charge in [-0.2, -0.15) is 0 Å². The SMILES string of the molecule is CCC(=O)N1CCCCCC1C(=O)O. The van der Waals surface area contributed by atoms with Crippen molar-refractivity contribution in [1.29, 1.82) is 0 Å². The predicted molar refractivity (Wildman–Crippen MR) is 51.9 cm³/mol. The zero-order valence-corrected chi connectivity index (χ0v) is 8.53. The van der Waals surface area contributed by atoms with Gasteiger partial charge < -0.3 is 10.0 Å². The van der Waals surface area contributed by atoms with Crippen LogP contribution < -0.4 is 0 Å². The first-order chi connectivity index (χ1) is 6.66. The van der Waals surface area contributed by atoms with Crippen molar-refractivity contribution in [3.8, 4) is 0 Å². The molecule has 1 aliphatic rings. The van der Waals surface area contributed by atoms with Gasteiger partial charge >= 0.3 is 5.97 Å². The van der Waals surface area contributed by atoms with Gasteiger partial charge in [0.25, 0.3) is 0 Å². The molecule has 4 nitrogen and oxygen atoms in total. The van der Waals surface area contributed by atoms with Crippen LogP contribution in [0.3, 0.4) is 0 Å². The maximum Gasteiger partial charge on any atom is 0.326 e. The first kappa shape index (κ1) is 11.0. The summed E-state index contributed by atoms with van der Waals surface area (Å²) in [7, 11) is 0. The van der Waals surface area contributed by atoms with Crippen molar-refractivity contribution in [3.63, 3.8) is 0 Å². The highest BCUT2D eigenvalue weighted by Gasteiger charge is 2.29. The zero-order chi connectivity index (χ0) is 10.6. The summed E-state index contributed by atoms with van der Waals surface area (Å²) in [6, 6.07) is -0.593. The monoisotopic (exact) mass is 199 g/mol. The standard InChI is InChI=1S/C10H17NO3/c1-2-9(12)11-7-5-3-4-6-8(11)10(13)14/h8H,2-7H2,1H3,(H,13,14). The van der Waals surface area contributed by atoms with Gasteiger partial charge in [0.2, 0.25) is 5.91 Å². The summed E-state index contributed by atoms with van der Waals surface area (Å²) in [4.78, 5) is 24.0. The Bertz CT molecular complexity index is 227. The van der Waals surface area contributed by atoms with Crippen molar-refractivity contribution in [3.05, 3.63) is 0 Å². The van der Waals surface area contributed by atoms with Crippen LogP contribution in [0.4, 0.5) is 0 Å². The van der Waals surface area contributed by atoms with E-state index < -0.39 is 12.0 Å². The molecular weight excluding hydrogens is 182 g/mol. The van der Waals surface area contributed by atoms with Crippen molar-refractivity contribution in [2.24, 2.45) is 0 Å². The van der Waals surface area contributed by atoms with Gasteiger partial charge in [0.05, 0.1) is 0 Å². The number of nitrogens with zero attached hydrogens (tertiary/aromatic N) is 1. The zero-order valence-electron chi connectivity index (χ0n) is 8.53.